The van der Waals surface area contributed by atoms with Gasteiger partial charge in [0, 0.05) is 31.1 Å². The molecule has 2 aromatic heterocycles. The van der Waals surface area contributed by atoms with E-state index >= 15 is 0 Å². The van der Waals surface area contributed by atoms with Crippen LogP contribution in [-0.2, 0) is 44.5 Å². The van der Waals surface area contributed by atoms with Crippen LogP contribution in [0, 0.1) is 28.7 Å². The molecule has 2 heterocycles. The lowest BCUT2D eigenvalue weighted by molar-refractivity contribution is -0.832. The van der Waals surface area contributed by atoms with Crippen molar-refractivity contribution in [3.8, 4) is 29.2 Å². The highest BCUT2D eigenvalue weighted by Gasteiger charge is 2.36. The van der Waals surface area contributed by atoms with Crippen LogP contribution in [0.1, 0.15) is 23.1 Å². The SMILES string of the molecule is CN(Cc1ccc(OCCCOc2ccc(CC(=O)OCC#CCOc3no[n+]([O-])c3S(=O)(=O)c3ccccc3)cc2)cc1)CC(O)(Cn1cncn1)c1ccc(F)cc1F. The third-order valence-electron chi connectivity index (χ3n) is 8.89. The van der Waals surface area contributed by atoms with Crippen LogP contribution in [0.15, 0.2) is 124 Å². The molecule has 16 nitrogen and oxygen atoms in total. The molecule has 1 N–H and O–H groups in total. The summed E-state index contributed by atoms with van der Waals surface area (Å²) in [6.07, 6.45) is 3.32. The molecule has 318 valence electrons. The van der Waals surface area contributed by atoms with Crippen molar-refractivity contribution < 1.29 is 55.6 Å². The summed E-state index contributed by atoms with van der Waals surface area (Å²) in [5.74, 6) is 3.75. The zero-order chi connectivity index (χ0) is 43.2. The lowest BCUT2D eigenvalue weighted by Gasteiger charge is -2.33. The van der Waals surface area contributed by atoms with Crippen LogP contribution in [0.4, 0.5) is 8.78 Å². The maximum atomic E-state index is 14.8. The van der Waals surface area contributed by atoms with Gasteiger partial charge < -0.3 is 29.3 Å². The number of carbonyl (C=O) groups is 1. The van der Waals surface area contributed by atoms with Crippen molar-refractivity contribution in [3.63, 3.8) is 0 Å². The molecule has 0 radical (unpaired) electrons. The third kappa shape index (κ3) is 12.1. The van der Waals surface area contributed by atoms with Gasteiger partial charge >= 0.3 is 16.9 Å². The summed E-state index contributed by atoms with van der Waals surface area (Å²) in [5.41, 5.74) is -0.151. The Morgan fingerprint density at radius 1 is 0.934 bits per heavy atom. The number of nitrogens with zero attached hydrogens (tertiary/aromatic N) is 6. The van der Waals surface area contributed by atoms with Gasteiger partial charge in [0.25, 0.3) is 9.84 Å². The minimum Gasteiger partial charge on any atom is -0.493 e. The van der Waals surface area contributed by atoms with E-state index in [4.69, 9.17) is 18.9 Å². The Balaban J connectivity index is 0.866. The zero-order valence-corrected chi connectivity index (χ0v) is 33.5. The number of ether oxygens (including phenoxy) is 4. The number of esters is 1. The van der Waals surface area contributed by atoms with Gasteiger partial charge in [-0.15, -0.1) is 0 Å². The van der Waals surface area contributed by atoms with Gasteiger partial charge in [0.2, 0.25) is 0 Å². The quantitative estimate of drug-likeness (QED) is 0.0500. The van der Waals surface area contributed by atoms with E-state index in [2.05, 4.69) is 31.7 Å². The van der Waals surface area contributed by atoms with Gasteiger partial charge in [0.05, 0.1) is 36.2 Å². The van der Waals surface area contributed by atoms with Crippen molar-refractivity contribution in [1.29, 1.82) is 0 Å². The highest BCUT2D eigenvalue weighted by Crippen LogP contribution is 2.29. The first-order valence-electron chi connectivity index (χ1n) is 18.7. The molecule has 0 aliphatic heterocycles. The summed E-state index contributed by atoms with van der Waals surface area (Å²) in [4.78, 5) is 17.6. The van der Waals surface area contributed by atoms with Crippen molar-refractivity contribution >= 4 is 15.8 Å². The van der Waals surface area contributed by atoms with Crippen LogP contribution in [0.25, 0.3) is 0 Å². The second-order valence-corrected chi connectivity index (χ2v) is 15.5. The topological polar surface area (TPSA) is 195 Å². The lowest BCUT2D eigenvalue weighted by Crippen LogP contribution is -2.43. The van der Waals surface area contributed by atoms with Crippen LogP contribution in [0.3, 0.4) is 0 Å². The number of carbonyl (C=O) groups excluding carboxylic acids is 1. The Morgan fingerprint density at radius 2 is 1.61 bits per heavy atom. The summed E-state index contributed by atoms with van der Waals surface area (Å²) in [6, 6.07) is 24.8. The molecule has 0 fully saturated rings. The van der Waals surface area contributed by atoms with E-state index < -0.39 is 43.9 Å². The van der Waals surface area contributed by atoms with Crippen LogP contribution in [-0.4, -0.2) is 84.3 Å². The summed E-state index contributed by atoms with van der Waals surface area (Å²) in [6.45, 7) is 0.541. The van der Waals surface area contributed by atoms with Gasteiger partial charge in [0.15, 0.2) is 13.2 Å². The molecule has 61 heavy (non-hydrogen) atoms. The molecule has 6 rings (SSSR count). The first kappa shape index (κ1) is 43.7. The van der Waals surface area contributed by atoms with E-state index in [1.807, 2.05) is 29.2 Å². The number of hydrogen-bond acceptors (Lipinski definition) is 14. The standard InChI is InChI=1S/C42H40F2N6O10S/c1-48(27-42(52,28-49-30-45-29-46-49)37-19-14-33(43)25-38(37)44)26-32-12-17-35(18-13-32)57-23-7-22-56-34-15-10-31(11-16-34)24-39(51)58-20-5-6-21-59-40-41(50(53)60-47-40)61(54,55)36-8-3-2-4-9-36/h2-4,8-19,25,29-30,52H,7,20-24,26-28H2,1H3. The first-order chi connectivity index (χ1) is 29.4. The predicted octanol–water partition coefficient (Wildman–Crippen LogP) is 4.05. The number of benzene rings is 4. The Morgan fingerprint density at radius 3 is 2.26 bits per heavy atom. The van der Waals surface area contributed by atoms with Gasteiger partial charge in [-0.3, -0.25) is 14.3 Å². The molecule has 0 amide bonds. The molecule has 1 atom stereocenters. The van der Waals surface area contributed by atoms with E-state index in [0.717, 1.165) is 17.7 Å². The Labute approximate surface area is 349 Å². The Bertz CT molecular complexity index is 2530. The molecule has 19 heteroatoms. The lowest BCUT2D eigenvalue weighted by atomic mass is 9.92. The smallest absolute Gasteiger partial charge is 0.415 e. The van der Waals surface area contributed by atoms with Crippen molar-refractivity contribution in [2.45, 2.75) is 41.5 Å². The fourth-order valence-corrected chi connectivity index (χ4v) is 7.39. The van der Waals surface area contributed by atoms with Crippen molar-refractivity contribution in [3.05, 3.63) is 143 Å². The number of aliphatic hydroxyl groups is 1. The summed E-state index contributed by atoms with van der Waals surface area (Å²) >= 11 is 0. The number of sulfone groups is 1. The predicted molar refractivity (Wildman–Crippen MR) is 210 cm³/mol. The van der Waals surface area contributed by atoms with Crippen LogP contribution in [0.2, 0.25) is 0 Å². The fourth-order valence-electron chi connectivity index (χ4n) is 6.10. The van der Waals surface area contributed by atoms with E-state index in [1.165, 1.54) is 47.7 Å². The van der Waals surface area contributed by atoms with Crippen molar-refractivity contribution in [2.75, 3.05) is 40.0 Å². The maximum Gasteiger partial charge on any atom is 0.415 e. The third-order valence-corrected chi connectivity index (χ3v) is 10.6. The summed E-state index contributed by atoms with van der Waals surface area (Å²) in [5, 5.41) is 30.2. The summed E-state index contributed by atoms with van der Waals surface area (Å²) < 4.78 is 81.9. The minimum atomic E-state index is -4.27. The van der Waals surface area contributed by atoms with Crippen molar-refractivity contribution in [1.82, 2.24) is 24.8 Å². The fraction of sp³-hybridized carbons (Fsp3) is 0.262. The zero-order valence-electron chi connectivity index (χ0n) is 32.7. The molecule has 0 aliphatic carbocycles. The average molecular weight is 859 g/mol. The molecule has 1 unspecified atom stereocenters. The largest absolute Gasteiger partial charge is 0.493 e. The second-order valence-electron chi connectivity index (χ2n) is 13.6. The molecule has 6 aromatic rings. The number of rotatable bonds is 20. The molecule has 0 spiro atoms. The van der Waals surface area contributed by atoms with Crippen molar-refractivity contribution in [2.24, 2.45) is 0 Å². The van der Waals surface area contributed by atoms with Crippen LogP contribution >= 0.6 is 0 Å². The van der Waals surface area contributed by atoms with E-state index in [0.29, 0.717) is 43.2 Å². The number of halogens is 2. The van der Waals surface area contributed by atoms with Crippen LogP contribution < -0.4 is 19.1 Å². The summed E-state index contributed by atoms with van der Waals surface area (Å²) in [7, 11) is -2.48. The maximum absolute atomic E-state index is 14.8. The van der Waals surface area contributed by atoms with Gasteiger partial charge in [0.1, 0.15) is 41.4 Å². The minimum absolute atomic E-state index is 0.00723. The normalized spacial score (nSPS) is 12.3. The highest BCUT2D eigenvalue weighted by molar-refractivity contribution is 7.91. The van der Waals surface area contributed by atoms with Gasteiger partial charge in [-0.05, 0) is 65.5 Å². The Kier molecular flexibility index (Phi) is 14.6. The Hall–Kier alpha value is -6.88. The van der Waals surface area contributed by atoms with Gasteiger partial charge in [-0.1, -0.05) is 60.4 Å². The molecule has 0 aliphatic rings. The molecular weight excluding hydrogens is 819 g/mol. The average Bonchev–Trinajstić information content (AvgIpc) is 3.89. The van der Waals surface area contributed by atoms with Gasteiger partial charge in [-0.25, -0.2) is 26.9 Å². The van der Waals surface area contributed by atoms with E-state index in [-0.39, 0.29) is 48.1 Å². The molecule has 0 bridgehead atoms. The molecule has 0 saturated heterocycles. The number of likely N-dealkylation sites (N-methyl/N-ethyl adjacent to an activating group) is 1. The highest BCUT2D eigenvalue weighted by atomic mass is 32.2. The monoisotopic (exact) mass is 858 g/mol. The first-order valence-corrected chi connectivity index (χ1v) is 20.1. The number of hydrogen-bond donors (Lipinski definition) is 1. The van der Waals surface area contributed by atoms with E-state index in [9.17, 15) is 32.3 Å². The second kappa shape index (κ2) is 20.4. The molecule has 4 aromatic carbocycles. The molecular formula is C42H40F2N6O10S. The van der Waals surface area contributed by atoms with Crippen LogP contribution in [0.5, 0.6) is 17.4 Å². The van der Waals surface area contributed by atoms with Gasteiger partial charge in [-0.2, -0.15) is 5.10 Å². The molecule has 0 saturated carbocycles. The van der Waals surface area contributed by atoms with E-state index in [1.54, 1.807) is 37.4 Å². The number of aromatic nitrogens is 5.